The molecule has 2 N–H and O–H groups in total. The summed E-state index contributed by atoms with van der Waals surface area (Å²) < 4.78 is 40.9. The standard InChI is InChI=1S/C24H22FN3O2S2/c1-2-22(18-6-4-3-5-7-18)28-32(29,30)13-12-23-21-16-31-15-19(24(21)27-26-23)14-17-8-10-20(25)11-9-17/h1,3-13,19,22,28H,14-16H2,(H,26,27)/b13-12+/t19?,22-/m0/s1. The second-order valence-corrected chi connectivity index (χ2v) is 10.1. The van der Waals surface area contributed by atoms with Crippen LogP contribution in [0.25, 0.3) is 6.08 Å². The summed E-state index contributed by atoms with van der Waals surface area (Å²) in [6.45, 7) is 0. The maximum absolute atomic E-state index is 13.2. The van der Waals surface area contributed by atoms with Crippen molar-refractivity contribution in [3.8, 4) is 12.3 Å². The average molecular weight is 468 g/mol. The first kappa shape index (κ1) is 22.3. The van der Waals surface area contributed by atoms with Crippen LogP contribution in [0.4, 0.5) is 4.39 Å². The molecule has 3 aromatic rings. The van der Waals surface area contributed by atoms with Crippen LogP contribution in [-0.4, -0.2) is 24.4 Å². The number of nitrogens with zero attached hydrogens (tertiary/aromatic N) is 1. The number of rotatable bonds is 7. The second-order valence-electron chi connectivity index (χ2n) is 7.52. The third-order valence-electron chi connectivity index (χ3n) is 5.29. The van der Waals surface area contributed by atoms with E-state index in [2.05, 4.69) is 20.8 Å². The van der Waals surface area contributed by atoms with Gasteiger partial charge in [0.15, 0.2) is 0 Å². The molecule has 4 rings (SSSR count). The van der Waals surface area contributed by atoms with Crippen molar-refractivity contribution in [3.05, 3.63) is 93.9 Å². The Bertz CT molecular complexity index is 1250. The quantitative estimate of drug-likeness (QED) is 0.506. The number of sulfonamides is 1. The van der Waals surface area contributed by atoms with Crippen molar-refractivity contribution >= 4 is 27.9 Å². The summed E-state index contributed by atoms with van der Waals surface area (Å²) in [6.07, 6.45) is 7.79. The van der Waals surface area contributed by atoms with Crippen LogP contribution in [0.3, 0.4) is 0 Å². The molecular formula is C24H22FN3O2S2. The Hall–Kier alpha value is -2.86. The molecule has 1 aliphatic heterocycles. The van der Waals surface area contributed by atoms with Crippen LogP contribution < -0.4 is 4.72 Å². The van der Waals surface area contributed by atoms with E-state index in [9.17, 15) is 12.8 Å². The summed E-state index contributed by atoms with van der Waals surface area (Å²) in [4.78, 5) is 0. The van der Waals surface area contributed by atoms with Crippen LogP contribution >= 0.6 is 11.8 Å². The molecule has 0 bridgehead atoms. The van der Waals surface area contributed by atoms with Gasteiger partial charge >= 0.3 is 0 Å². The van der Waals surface area contributed by atoms with Crippen molar-refractivity contribution in [2.45, 2.75) is 24.1 Å². The number of thioether (sulfide) groups is 1. The summed E-state index contributed by atoms with van der Waals surface area (Å²) in [5.74, 6) is 4.08. The molecule has 2 atom stereocenters. The molecule has 0 saturated heterocycles. The average Bonchev–Trinajstić information content (AvgIpc) is 3.22. The minimum absolute atomic E-state index is 0.197. The number of aromatic amines is 1. The molecule has 0 saturated carbocycles. The highest BCUT2D eigenvalue weighted by atomic mass is 32.2. The minimum atomic E-state index is -3.78. The second kappa shape index (κ2) is 9.74. The molecule has 32 heavy (non-hydrogen) atoms. The SMILES string of the molecule is C#C[C@H](NS(=O)(=O)/C=C/c1n[nH]c2c1CSCC2Cc1ccc(F)cc1)c1ccccc1. The molecule has 1 aliphatic rings. The molecule has 0 aliphatic carbocycles. The molecule has 2 heterocycles. The lowest BCUT2D eigenvalue weighted by Crippen LogP contribution is -2.25. The largest absolute Gasteiger partial charge is 0.281 e. The molecular weight excluding hydrogens is 445 g/mol. The molecule has 5 nitrogen and oxygen atoms in total. The van der Waals surface area contributed by atoms with Crippen molar-refractivity contribution in [1.82, 2.24) is 14.9 Å². The van der Waals surface area contributed by atoms with E-state index >= 15 is 0 Å². The topological polar surface area (TPSA) is 74.8 Å². The smallest absolute Gasteiger partial charge is 0.235 e. The van der Waals surface area contributed by atoms with E-state index in [1.807, 2.05) is 6.07 Å². The van der Waals surface area contributed by atoms with Crippen molar-refractivity contribution in [1.29, 1.82) is 0 Å². The first-order chi connectivity index (χ1) is 15.4. The van der Waals surface area contributed by atoms with Crippen LogP contribution in [0.2, 0.25) is 0 Å². The predicted octanol–water partition coefficient (Wildman–Crippen LogP) is 4.39. The maximum Gasteiger partial charge on any atom is 0.235 e. The third-order valence-corrected chi connectivity index (χ3v) is 7.48. The molecule has 0 fully saturated rings. The first-order valence-corrected chi connectivity index (χ1v) is 12.8. The number of fused-ring (bicyclic) bond motifs is 1. The molecule has 1 unspecified atom stereocenters. The van der Waals surface area contributed by atoms with E-state index in [-0.39, 0.29) is 11.7 Å². The summed E-state index contributed by atoms with van der Waals surface area (Å²) in [6, 6.07) is 14.8. The van der Waals surface area contributed by atoms with Crippen LogP contribution in [0.1, 0.15) is 40.0 Å². The van der Waals surface area contributed by atoms with Gasteiger partial charge in [0.2, 0.25) is 10.0 Å². The van der Waals surface area contributed by atoms with Gasteiger partial charge in [-0.1, -0.05) is 48.4 Å². The Balaban J connectivity index is 1.50. The van der Waals surface area contributed by atoms with Crippen molar-refractivity contribution in [2.75, 3.05) is 5.75 Å². The Morgan fingerprint density at radius 2 is 2.00 bits per heavy atom. The minimum Gasteiger partial charge on any atom is -0.281 e. The summed E-state index contributed by atoms with van der Waals surface area (Å²) >= 11 is 1.77. The Labute approximate surface area is 191 Å². The van der Waals surface area contributed by atoms with E-state index in [1.54, 1.807) is 48.2 Å². The molecule has 1 aromatic heterocycles. The molecule has 0 amide bonds. The van der Waals surface area contributed by atoms with Crippen molar-refractivity contribution in [3.63, 3.8) is 0 Å². The maximum atomic E-state index is 13.2. The third kappa shape index (κ3) is 5.30. The zero-order valence-electron chi connectivity index (χ0n) is 17.2. The fraction of sp³-hybridized carbons (Fsp3) is 0.208. The normalized spacial score (nSPS) is 17.1. The fourth-order valence-electron chi connectivity index (χ4n) is 3.67. The van der Waals surface area contributed by atoms with Crippen LogP contribution in [0.5, 0.6) is 0 Å². The number of H-pyrrole nitrogens is 1. The summed E-state index contributed by atoms with van der Waals surface area (Å²) in [7, 11) is -3.78. The number of terminal acetylenes is 1. The number of aromatic nitrogens is 2. The van der Waals surface area contributed by atoms with E-state index in [4.69, 9.17) is 6.42 Å². The Kier molecular flexibility index (Phi) is 6.80. The number of nitrogens with one attached hydrogen (secondary N) is 2. The number of hydrogen-bond acceptors (Lipinski definition) is 4. The lowest BCUT2D eigenvalue weighted by Gasteiger charge is -2.22. The van der Waals surface area contributed by atoms with Gasteiger partial charge < -0.3 is 0 Å². The molecule has 2 aromatic carbocycles. The van der Waals surface area contributed by atoms with Crippen LogP contribution in [-0.2, 0) is 22.2 Å². The van der Waals surface area contributed by atoms with Gasteiger partial charge in [0, 0.05) is 34.1 Å². The highest BCUT2D eigenvalue weighted by Crippen LogP contribution is 2.36. The van der Waals surface area contributed by atoms with Gasteiger partial charge in [-0.3, -0.25) is 5.10 Å². The van der Waals surface area contributed by atoms with Crippen molar-refractivity contribution in [2.24, 2.45) is 0 Å². The van der Waals surface area contributed by atoms with Gasteiger partial charge in [-0.05, 0) is 35.8 Å². The van der Waals surface area contributed by atoms with Crippen LogP contribution in [0.15, 0.2) is 60.0 Å². The molecule has 0 radical (unpaired) electrons. The van der Waals surface area contributed by atoms with E-state index in [0.29, 0.717) is 11.3 Å². The summed E-state index contributed by atoms with van der Waals surface area (Å²) in [5, 5.41) is 8.53. The first-order valence-electron chi connectivity index (χ1n) is 10.1. The lowest BCUT2D eigenvalue weighted by atomic mass is 9.94. The molecule has 164 valence electrons. The van der Waals surface area contributed by atoms with E-state index < -0.39 is 16.1 Å². The van der Waals surface area contributed by atoms with Gasteiger partial charge in [0.25, 0.3) is 0 Å². The van der Waals surface area contributed by atoms with Gasteiger partial charge in [-0.15, -0.1) is 6.42 Å². The van der Waals surface area contributed by atoms with Gasteiger partial charge in [0.1, 0.15) is 11.9 Å². The van der Waals surface area contributed by atoms with E-state index in [1.165, 1.54) is 18.2 Å². The summed E-state index contributed by atoms with van der Waals surface area (Å²) in [5.41, 5.74) is 4.34. The highest BCUT2D eigenvalue weighted by molar-refractivity contribution is 7.98. The van der Waals surface area contributed by atoms with Gasteiger partial charge in [0.05, 0.1) is 5.69 Å². The zero-order chi connectivity index (χ0) is 22.6. The number of benzene rings is 2. The Morgan fingerprint density at radius 3 is 2.72 bits per heavy atom. The lowest BCUT2D eigenvalue weighted by molar-refractivity contribution is 0.585. The van der Waals surface area contributed by atoms with Gasteiger partial charge in [-0.25, -0.2) is 12.8 Å². The predicted molar refractivity (Wildman–Crippen MR) is 127 cm³/mol. The monoisotopic (exact) mass is 467 g/mol. The van der Waals surface area contributed by atoms with Crippen LogP contribution in [0, 0.1) is 18.2 Å². The van der Waals surface area contributed by atoms with Crippen molar-refractivity contribution < 1.29 is 12.8 Å². The Morgan fingerprint density at radius 1 is 1.25 bits per heavy atom. The molecule has 0 spiro atoms. The van der Waals surface area contributed by atoms with Gasteiger partial charge in [-0.2, -0.15) is 21.6 Å². The zero-order valence-corrected chi connectivity index (χ0v) is 18.8. The number of halogens is 1. The fourth-order valence-corrected chi connectivity index (χ4v) is 5.79. The van der Waals surface area contributed by atoms with E-state index in [0.717, 1.165) is 40.2 Å². The molecule has 8 heteroatoms. The highest BCUT2D eigenvalue weighted by Gasteiger charge is 2.25. The number of hydrogen-bond donors (Lipinski definition) is 2.